The molecule has 2 fully saturated rings. The van der Waals surface area contributed by atoms with Crippen LogP contribution in [0.25, 0.3) is 0 Å². The first-order chi connectivity index (χ1) is 16.7. The fraction of sp³-hybridized carbons (Fsp3) is 0.444. The Morgan fingerprint density at radius 2 is 1.57 bits per heavy atom. The summed E-state index contributed by atoms with van der Waals surface area (Å²) in [5, 5.41) is 2.87. The van der Waals surface area contributed by atoms with Crippen molar-refractivity contribution < 1.29 is 23.5 Å². The van der Waals surface area contributed by atoms with Crippen molar-refractivity contribution in [1.82, 2.24) is 15.1 Å². The Labute approximate surface area is 205 Å². The minimum Gasteiger partial charge on any atom is -0.353 e. The molecule has 35 heavy (non-hydrogen) atoms. The van der Waals surface area contributed by atoms with Gasteiger partial charge in [0.05, 0.1) is 6.61 Å². The van der Waals surface area contributed by atoms with E-state index >= 15 is 0 Å². The molecule has 3 amide bonds. The van der Waals surface area contributed by atoms with E-state index in [0.29, 0.717) is 31.5 Å². The summed E-state index contributed by atoms with van der Waals surface area (Å²) in [7, 11) is 0. The fourth-order valence-corrected chi connectivity index (χ4v) is 4.80. The van der Waals surface area contributed by atoms with Gasteiger partial charge in [-0.25, -0.2) is 4.39 Å². The van der Waals surface area contributed by atoms with E-state index in [9.17, 15) is 18.8 Å². The Hall–Kier alpha value is -3.26. The molecule has 2 aromatic rings. The summed E-state index contributed by atoms with van der Waals surface area (Å²) in [4.78, 5) is 42.9. The predicted molar refractivity (Wildman–Crippen MR) is 129 cm³/mol. The van der Waals surface area contributed by atoms with Crippen molar-refractivity contribution in [3.05, 3.63) is 71.0 Å². The van der Waals surface area contributed by atoms with Gasteiger partial charge in [-0.2, -0.15) is 0 Å². The zero-order chi connectivity index (χ0) is 25.2. The molecule has 0 radical (unpaired) electrons. The summed E-state index contributed by atoms with van der Waals surface area (Å²) in [5.74, 6) is -1.18. The molecule has 0 aliphatic carbocycles. The molecular formula is C27H32FN3O4. The summed E-state index contributed by atoms with van der Waals surface area (Å²) in [5.41, 5.74) is 1.07. The fourth-order valence-electron chi connectivity index (χ4n) is 4.80. The van der Waals surface area contributed by atoms with Crippen LogP contribution in [-0.4, -0.2) is 65.0 Å². The summed E-state index contributed by atoms with van der Waals surface area (Å²) in [6, 6.07) is 12.0. The molecule has 2 aliphatic heterocycles. The third-order valence-corrected chi connectivity index (χ3v) is 6.75. The van der Waals surface area contributed by atoms with E-state index in [-0.39, 0.29) is 35.9 Å². The van der Waals surface area contributed by atoms with E-state index in [4.69, 9.17) is 4.74 Å². The first-order valence-corrected chi connectivity index (χ1v) is 12.2. The molecule has 2 aromatic carbocycles. The van der Waals surface area contributed by atoms with Crippen molar-refractivity contribution in [3.63, 3.8) is 0 Å². The maximum atomic E-state index is 13.6. The Balaban J connectivity index is 1.55. The normalized spacial score (nSPS) is 19.3. The average molecular weight is 482 g/mol. The van der Waals surface area contributed by atoms with Crippen LogP contribution in [0.15, 0.2) is 48.5 Å². The molecule has 1 spiro atoms. The highest BCUT2D eigenvalue weighted by Crippen LogP contribution is 2.39. The lowest BCUT2D eigenvalue weighted by Gasteiger charge is -2.44. The molecule has 0 bridgehead atoms. The van der Waals surface area contributed by atoms with Crippen molar-refractivity contribution in [2.75, 3.05) is 19.7 Å². The monoisotopic (exact) mass is 481 g/mol. The second-order valence-corrected chi connectivity index (χ2v) is 9.46. The molecule has 2 saturated heterocycles. The van der Waals surface area contributed by atoms with E-state index in [1.165, 1.54) is 34.7 Å². The Morgan fingerprint density at radius 1 is 1.00 bits per heavy atom. The van der Waals surface area contributed by atoms with Crippen LogP contribution in [0.2, 0.25) is 0 Å². The van der Waals surface area contributed by atoms with Crippen LogP contribution in [0.5, 0.6) is 0 Å². The summed E-state index contributed by atoms with van der Waals surface area (Å²) in [6.07, 6.45) is 1.66. The van der Waals surface area contributed by atoms with Gasteiger partial charge in [0, 0.05) is 43.1 Å². The third-order valence-electron chi connectivity index (χ3n) is 6.75. The number of amides is 3. The zero-order valence-corrected chi connectivity index (χ0v) is 20.4. The average Bonchev–Trinajstić information content (AvgIpc) is 3.22. The number of hydrogen-bond acceptors (Lipinski definition) is 4. The first kappa shape index (κ1) is 24.9. The number of rotatable bonds is 5. The van der Waals surface area contributed by atoms with Gasteiger partial charge in [-0.3, -0.25) is 19.3 Å². The minimum absolute atomic E-state index is 0.0639. The molecule has 0 aromatic heterocycles. The maximum absolute atomic E-state index is 13.6. The van der Waals surface area contributed by atoms with Crippen molar-refractivity contribution in [1.29, 1.82) is 0 Å². The van der Waals surface area contributed by atoms with Gasteiger partial charge in [0.25, 0.3) is 11.8 Å². The van der Waals surface area contributed by atoms with Crippen LogP contribution < -0.4 is 5.32 Å². The number of nitrogens with zero attached hydrogens (tertiary/aromatic N) is 2. The molecule has 1 atom stereocenters. The number of carbonyl (C=O) groups is 3. The van der Waals surface area contributed by atoms with Gasteiger partial charge in [0.15, 0.2) is 0 Å². The van der Waals surface area contributed by atoms with Crippen molar-refractivity contribution in [2.24, 2.45) is 0 Å². The number of piperidine rings is 1. The van der Waals surface area contributed by atoms with Gasteiger partial charge in [0.1, 0.15) is 17.6 Å². The van der Waals surface area contributed by atoms with E-state index in [1.54, 1.807) is 4.90 Å². The van der Waals surface area contributed by atoms with E-state index in [2.05, 4.69) is 12.2 Å². The van der Waals surface area contributed by atoms with Gasteiger partial charge in [-0.15, -0.1) is 0 Å². The maximum Gasteiger partial charge on any atom is 0.256 e. The number of likely N-dealkylation sites (tertiary alicyclic amines) is 1. The summed E-state index contributed by atoms with van der Waals surface area (Å²) >= 11 is 0. The standard InChI is InChI=1S/C27H32FN3O4/c1-4-19-5-7-20(8-6-19)25(33)30-15-13-27(14-16-30)31(23(17-35-27)24(32)29-18(2)3)26(34)21-9-11-22(28)12-10-21/h5-12,18,23H,4,13-17H2,1-3H3,(H,29,32). The van der Waals surface area contributed by atoms with Gasteiger partial charge in [-0.05, 0) is 62.2 Å². The second-order valence-electron chi connectivity index (χ2n) is 9.46. The predicted octanol–water partition coefficient (Wildman–Crippen LogP) is 3.39. The number of halogens is 1. The summed E-state index contributed by atoms with van der Waals surface area (Å²) < 4.78 is 19.6. The van der Waals surface area contributed by atoms with Crippen molar-refractivity contribution >= 4 is 17.7 Å². The molecular weight excluding hydrogens is 449 g/mol. The molecule has 2 heterocycles. The Morgan fingerprint density at radius 3 is 2.14 bits per heavy atom. The highest BCUT2D eigenvalue weighted by atomic mass is 19.1. The van der Waals surface area contributed by atoms with E-state index in [0.717, 1.165) is 6.42 Å². The molecule has 1 N–H and O–H groups in total. The molecule has 186 valence electrons. The van der Waals surface area contributed by atoms with E-state index in [1.807, 2.05) is 38.1 Å². The van der Waals surface area contributed by atoms with Gasteiger partial charge >= 0.3 is 0 Å². The first-order valence-electron chi connectivity index (χ1n) is 12.2. The highest BCUT2D eigenvalue weighted by Gasteiger charge is 2.54. The van der Waals surface area contributed by atoms with Crippen LogP contribution in [0, 0.1) is 5.82 Å². The minimum atomic E-state index is -1.01. The molecule has 7 nitrogen and oxygen atoms in total. The smallest absolute Gasteiger partial charge is 0.256 e. The number of hydrogen-bond donors (Lipinski definition) is 1. The topological polar surface area (TPSA) is 79.0 Å². The van der Waals surface area contributed by atoms with Crippen LogP contribution >= 0.6 is 0 Å². The number of ether oxygens (including phenoxy) is 1. The quantitative estimate of drug-likeness (QED) is 0.710. The van der Waals surface area contributed by atoms with Crippen molar-refractivity contribution in [2.45, 2.75) is 57.8 Å². The van der Waals surface area contributed by atoms with Gasteiger partial charge < -0.3 is 15.0 Å². The molecule has 2 aliphatic rings. The second kappa shape index (κ2) is 10.2. The van der Waals surface area contributed by atoms with E-state index < -0.39 is 17.6 Å². The Bertz CT molecular complexity index is 1080. The van der Waals surface area contributed by atoms with Crippen molar-refractivity contribution in [3.8, 4) is 0 Å². The Kier molecular flexibility index (Phi) is 7.21. The molecule has 1 unspecified atom stereocenters. The lowest BCUT2D eigenvalue weighted by atomic mass is 9.96. The molecule has 0 saturated carbocycles. The summed E-state index contributed by atoms with van der Waals surface area (Å²) in [6.45, 7) is 6.62. The number of aryl methyl sites for hydroxylation is 1. The van der Waals surface area contributed by atoms with Crippen LogP contribution in [0.3, 0.4) is 0 Å². The molecule has 4 rings (SSSR count). The van der Waals surface area contributed by atoms with Crippen LogP contribution in [0.1, 0.15) is 59.9 Å². The largest absolute Gasteiger partial charge is 0.353 e. The van der Waals surface area contributed by atoms with Gasteiger partial charge in [0.2, 0.25) is 5.91 Å². The lowest BCUT2D eigenvalue weighted by molar-refractivity contribution is -0.128. The number of carbonyl (C=O) groups excluding carboxylic acids is 3. The third kappa shape index (κ3) is 5.07. The van der Waals surface area contributed by atoms with Gasteiger partial charge in [-0.1, -0.05) is 19.1 Å². The zero-order valence-electron chi connectivity index (χ0n) is 20.4. The SMILES string of the molecule is CCc1ccc(C(=O)N2CCC3(CC2)OCC(C(=O)NC(C)C)N3C(=O)c2ccc(F)cc2)cc1. The highest BCUT2D eigenvalue weighted by molar-refractivity contribution is 5.98. The van der Waals surface area contributed by atoms with Crippen LogP contribution in [0.4, 0.5) is 4.39 Å². The number of nitrogens with one attached hydrogen (secondary N) is 1. The van der Waals surface area contributed by atoms with Crippen LogP contribution in [-0.2, 0) is 16.0 Å². The molecule has 8 heteroatoms. The lowest BCUT2D eigenvalue weighted by Crippen LogP contribution is -2.60. The number of benzene rings is 2.